The zero-order chi connectivity index (χ0) is 19.4. The van der Waals surface area contributed by atoms with Crippen molar-refractivity contribution in [2.24, 2.45) is 0 Å². The van der Waals surface area contributed by atoms with Gasteiger partial charge >= 0.3 is 0 Å². The summed E-state index contributed by atoms with van der Waals surface area (Å²) >= 11 is 5.87. The van der Waals surface area contributed by atoms with Crippen molar-refractivity contribution in [1.29, 1.82) is 0 Å². The van der Waals surface area contributed by atoms with E-state index in [4.69, 9.17) is 11.6 Å². The summed E-state index contributed by atoms with van der Waals surface area (Å²) in [6, 6.07) is 16.5. The van der Waals surface area contributed by atoms with Crippen LogP contribution in [0.4, 0.5) is 22.9 Å². The summed E-state index contributed by atoms with van der Waals surface area (Å²) in [6.07, 6.45) is 0. The molecular weight excluding hydrogens is 362 g/mol. The van der Waals surface area contributed by atoms with Crippen LogP contribution in [0.25, 0.3) is 0 Å². The molecule has 0 unspecified atom stereocenters. The van der Waals surface area contributed by atoms with Crippen LogP contribution in [0.15, 0.2) is 54.6 Å². The van der Waals surface area contributed by atoms with Gasteiger partial charge < -0.3 is 15.5 Å². The SMILES string of the molecule is Cc1nc(Nc2ccc(N(C)C)cc2)cc(C(=O)Nc2ccc(Cl)cc2)n1. The van der Waals surface area contributed by atoms with Gasteiger partial charge in [0, 0.05) is 42.2 Å². The van der Waals surface area contributed by atoms with Crippen molar-refractivity contribution in [3.05, 3.63) is 71.1 Å². The molecule has 0 aliphatic heterocycles. The van der Waals surface area contributed by atoms with Crippen LogP contribution in [0.1, 0.15) is 16.3 Å². The van der Waals surface area contributed by atoms with E-state index in [1.54, 1.807) is 37.3 Å². The molecule has 0 atom stereocenters. The quantitative estimate of drug-likeness (QED) is 0.680. The molecule has 2 aromatic carbocycles. The fourth-order valence-corrected chi connectivity index (χ4v) is 2.59. The lowest BCUT2D eigenvalue weighted by Gasteiger charge is -2.13. The Hall–Kier alpha value is -3.12. The standard InChI is InChI=1S/C20H20ClN5O/c1-13-22-18(20(27)25-16-6-4-14(21)5-7-16)12-19(23-13)24-15-8-10-17(11-9-15)26(2)3/h4-12H,1-3H3,(H,25,27)(H,22,23,24). The van der Waals surface area contributed by atoms with E-state index < -0.39 is 0 Å². The van der Waals surface area contributed by atoms with Crippen molar-refractivity contribution in [2.45, 2.75) is 6.92 Å². The van der Waals surface area contributed by atoms with Gasteiger partial charge in [-0.2, -0.15) is 0 Å². The molecule has 1 aromatic heterocycles. The second-order valence-electron chi connectivity index (χ2n) is 6.21. The molecule has 0 spiro atoms. The molecule has 0 bridgehead atoms. The number of carbonyl (C=O) groups is 1. The van der Waals surface area contributed by atoms with E-state index in [9.17, 15) is 4.79 Å². The molecule has 0 saturated heterocycles. The highest BCUT2D eigenvalue weighted by Gasteiger charge is 2.11. The summed E-state index contributed by atoms with van der Waals surface area (Å²) in [5, 5.41) is 6.62. The third-order valence-corrected chi connectivity index (χ3v) is 4.08. The van der Waals surface area contributed by atoms with E-state index in [-0.39, 0.29) is 11.6 Å². The molecule has 3 aromatic rings. The number of anilines is 4. The zero-order valence-corrected chi connectivity index (χ0v) is 16.1. The second kappa shape index (κ2) is 8.05. The molecule has 3 rings (SSSR count). The molecule has 0 aliphatic carbocycles. The maximum Gasteiger partial charge on any atom is 0.274 e. The van der Waals surface area contributed by atoms with E-state index in [1.165, 1.54) is 0 Å². The lowest BCUT2D eigenvalue weighted by Crippen LogP contribution is -2.15. The molecule has 1 amide bonds. The van der Waals surface area contributed by atoms with Gasteiger partial charge in [-0.25, -0.2) is 9.97 Å². The molecule has 1 heterocycles. The predicted molar refractivity (Wildman–Crippen MR) is 110 cm³/mol. The van der Waals surface area contributed by atoms with Crippen molar-refractivity contribution in [3.8, 4) is 0 Å². The monoisotopic (exact) mass is 381 g/mol. The number of carbonyl (C=O) groups excluding carboxylic acids is 1. The van der Waals surface area contributed by atoms with Crippen molar-refractivity contribution in [3.63, 3.8) is 0 Å². The number of benzene rings is 2. The zero-order valence-electron chi connectivity index (χ0n) is 15.3. The molecule has 27 heavy (non-hydrogen) atoms. The number of rotatable bonds is 5. The third-order valence-electron chi connectivity index (χ3n) is 3.83. The third kappa shape index (κ3) is 4.95. The lowest BCUT2D eigenvalue weighted by molar-refractivity contribution is 0.102. The van der Waals surface area contributed by atoms with E-state index in [1.807, 2.05) is 43.3 Å². The van der Waals surface area contributed by atoms with Crippen LogP contribution < -0.4 is 15.5 Å². The minimum atomic E-state index is -0.311. The average Bonchev–Trinajstić information content (AvgIpc) is 2.63. The van der Waals surface area contributed by atoms with E-state index >= 15 is 0 Å². The van der Waals surface area contributed by atoms with Crippen LogP contribution in [0.5, 0.6) is 0 Å². The Labute approximate surface area is 163 Å². The Morgan fingerprint density at radius 1 is 0.963 bits per heavy atom. The second-order valence-corrected chi connectivity index (χ2v) is 6.65. The molecule has 0 saturated carbocycles. The molecule has 0 radical (unpaired) electrons. The van der Waals surface area contributed by atoms with Gasteiger partial charge in [0.2, 0.25) is 0 Å². The Morgan fingerprint density at radius 3 is 2.22 bits per heavy atom. The van der Waals surface area contributed by atoms with Crippen LogP contribution in [0.3, 0.4) is 0 Å². The normalized spacial score (nSPS) is 10.4. The van der Waals surface area contributed by atoms with E-state index in [0.29, 0.717) is 22.4 Å². The molecule has 7 heteroatoms. The molecule has 138 valence electrons. The van der Waals surface area contributed by atoms with Gasteiger partial charge in [-0.05, 0) is 55.5 Å². The first kappa shape index (κ1) is 18.7. The fraction of sp³-hybridized carbons (Fsp3) is 0.150. The summed E-state index contributed by atoms with van der Waals surface area (Å²) in [5.74, 6) is 0.751. The van der Waals surface area contributed by atoms with Crippen molar-refractivity contribution >= 4 is 40.4 Å². The Bertz CT molecular complexity index is 940. The van der Waals surface area contributed by atoms with Crippen LogP contribution in [0.2, 0.25) is 5.02 Å². The Morgan fingerprint density at radius 2 is 1.59 bits per heavy atom. The van der Waals surface area contributed by atoms with Crippen molar-refractivity contribution in [1.82, 2.24) is 9.97 Å². The van der Waals surface area contributed by atoms with Crippen molar-refractivity contribution < 1.29 is 4.79 Å². The predicted octanol–water partition coefficient (Wildman–Crippen LogP) is 4.50. The van der Waals surface area contributed by atoms with Crippen LogP contribution in [0, 0.1) is 6.92 Å². The summed E-state index contributed by atoms with van der Waals surface area (Å²) in [7, 11) is 3.98. The molecular formula is C20H20ClN5O. The maximum atomic E-state index is 12.5. The molecule has 6 nitrogen and oxygen atoms in total. The topological polar surface area (TPSA) is 70.2 Å². The lowest BCUT2D eigenvalue weighted by atomic mass is 10.2. The highest BCUT2D eigenvalue weighted by atomic mass is 35.5. The largest absolute Gasteiger partial charge is 0.378 e. The van der Waals surface area contributed by atoms with Crippen LogP contribution in [-0.2, 0) is 0 Å². The van der Waals surface area contributed by atoms with Gasteiger partial charge in [-0.15, -0.1) is 0 Å². The number of halogens is 1. The van der Waals surface area contributed by atoms with Crippen LogP contribution in [-0.4, -0.2) is 30.0 Å². The van der Waals surface area contributed by atoms with Gasteiger partial charge in [-0.1, -0.05) is 11.6 Å². The van der Waals surface area contributed by atoms with Gasteiger partial charge in [-0.3, -0.25) is 4.79 Å². The Kier molecular flexibility index (Phi) is 5.57. The summed E-state index contributed by atoms with van der Waals surface area (Å²) in [4.78, 5) is 23.1. The van der Waals surface area contributed by atoms with Gasteiger partial charge in [0.1, 0.15) is 17.3 Å². The van der Waals surface area contributed by atoms with E-state index in [0.717, 1.165) is 11.4 Å². The number of amides is 1. The average molecular weight is 382 g/mol. The summed E-state index contributed by atoms with van der Waals surface area (Å²) < 4.78 is 0. The van der Waals surface area contributed by atoms with Crippen LogP contribution >= 0.6 is 11.6 Å². The molecule has 0 aliphatic rings. The minimum absolute atomic E-state index is 0.282. The number of hydrogen-bond acceptors (Lipinski definition) is 5. The minimum Gasteiger partial charge on any atom is -0.378 e. The number of aromatic nitrogens is 2. The highest BCUT2D eigenvalue weighted by Crippen LogP contribution is 2.20. The first-order valence-electron chi connectivity index (χ1n) is 8.38. The summed E-state index contributed by atoms with van der Waals surface area (Å²) in [6.45, 7) is 1.75. The van der Waals surface area contributed by atoms with Crippen molar-refractivity contribution in [2.75, 3.05) is 29.6 Å². The van der Waals surface area contributed by atoms with E-state index in [2.05, 4.69) is 20.6 Å². The smallest absolute Gasteiger partial charge is 0.274 e. The maximum absolute atomic E-state index is 12.5. The molecule has 2 N–H and O–H groups in total. The fourth-order valence-electron chi connectivity index (χ4n) is 2.47. The van der Waals surface area contributed by atoms with Gasteiger partial charge in [0.05, 0.1) is 0 Å². The number of hydrogen-bond donors (Lipinski definition) is 2. The highest BCUT2D eigenvalue weighted by molar-refractivity contribution is 6.30. The first-order chi connectivity index (χ1) is 12.9. The van der Waals surface area contributed by atoms with Gasteiger partial charge in [0.25, 0.3) is 5.91 Å². The Balaban J connectivity index is 1.77. The molecule has 0 fully saturated rings. The number of aryl methyl sites for hydroxylation is 1. The van der Waals surface area contributed by atoms with Gasteiger partial charge in [0.15, 0.2) is 0 Å². The number of nitrogens with one attached hydrogen (secondary N) is 2. The summed E-state index contributed by atoms with van der Waals surface area (Å²) in [5.41, 5.74) is 2.91. The number of nitrogens with zero attached hydrogens (tertiary/aromatic N) is 3. The first-order valence-corrected chi connectivity index (χ1v) is 8.75.